The molecule has 0 aliphatic heterocycles. The summed E-state index contributed by atoms with van der Waals surface area (Å²) >= 11 is 5.22. The minimum Gasteiger partial charge on any atom is -0.675 e. The van der Waals surface area contributed by atoms with E-state index in [1.54, 1.807) is 4.90 Å². The van der Waals surface area contributed by atoms with Crippen LogP contribution in [0.5, 0.6) is 0 Å². The molecule has 0 aliphatic rings. The van der Waals surface area contributed by atoms with Gasteiger partial charge in [-0.15, -0.1) is 11.1 Å². The molecule has 0 saturated carbocycles. The summed E-state index contributed by atoms with van der Waals surface area (Å²) in [4.78, 5) is 13.1. The number of hydrogen-bond donors (Lipinski definition) is 0. The number of carbonyl (C=O) groups is 1. The number of nitrogens with zero attached hydrogens (tertiary/aromatic N) is 1. The third-order valence-corrected chi connectivity index (χ3v) is 2.34. The molecule has 86 valence electrons. The Morgan fingerprint density at radius 1 is 1.27 bits per heavy atom. The third kappa shape index (κ3) is 9.52. The molecule has 0 N–H and O–H groups in total. The van der Waals surface area contributed by atoms with Gasteiger partial charge in [0.2, 0.25) is 0 Å². The van der Waals surface area contributed by atoms with Gasteiger partial charge in [-0.05, 0) is 12.8 Å². The smallest absolute Gasteiger partial charge is 0.420 e. The van der Waals surface area contributed by atoms with E-state index in [9.17, 15) is 4.79 Å². The van der Waals surface area contributed by atoms with Crippen molar-refractivity contribution in [1.82, 2.24) is 4.90 Å². The van der Waals surface area contributed by atoms with Gasteiger partial charge in [0.15, 0.2) is 0 Å². The Kier molecular flexibility index (Phi) is 15.2. The van der Waals surface area contributed by atoms with Crippen LogP contribution in [0.15, 0.2) is 0 Å². The summed E-state index contributed by atoms with van der Waals surface area (Å²) in [5.74, 6) is 0. The van der Waals surface area contributed by atoms with E-state index in [0.717, 1.165) is 38.8 Å². The Labute approximate surface area is 114 Å². The summed E-state index contributed by atoms with van der Waals surface area (Å²) in [6.07, 6.45) is 3.89. The van der Waals surface area contributed by atoms with Gasteiger partial charge in [0.1, 0.15) is 0 Å². The summed E-state index contributed by atoms with van der Waals surface area (Å²) < 4.78 is 4.72. The van der Waals surface area contributed by atoms with Gasteiger partial charge < -0.3 is 20.7 Å². The van der Waals surface area contributed by atoms with E-state index >= 15 is 0 Å². The Morgan fingerprint density at radius 2 is 1.73 bits per heavy atom. The third-order valence-electron chi connectivity index (χ3n) is 1.93. The van der Waals surface area contributed by atoms with Gasteiger partial charge in [0, 0.05) is 32.6 Å². The summed E-state index contributed by atoms with van der Waals surface area (Å²) in [7, 11) is 0. The molecule has 0 aliphatic carbocycles. The van der Waals surface area contributed by atoms with Gasteiger partial charge in [0.05, 0.1) is 0 Å². The van der Waals surface area contributed by atoms with Crippen LogP contribution in [0.1, 0.15) is 39.5 Å². The Balaban J connectivity index is 0. The van der Waals surface area contributed by atoms with Gasteiger partial charge in [-0.25, -0.2) is 4.79 Å². The molecule has 0 bridgehead atoms. The SMILES string of the molecule is CCCCN(CCCC)C(=O)OS[S-].[Zn]. The molecule has 15 heavy (non-hydrogen) atoms. The van der Waals surface area contributed by atoms with Crippen molar-refractivity contribution in [2.24, 2.45) is 0 Å². The molecule has 0 radical (unpaired) electrons. The summed E-state index contributed by atoms with van der Waals surface area (Å²) in [5, 5.41) is 0. The number of unbranched alkanes of at least 4 members (excludes halogenated alkanes) is 2. The minimum atomic E-state index is -0.299. The maximum absolute atomic E-state index is 11.4. The van der Waals surface area contributed by atoms with E-state index in [4.69, 9.17) is 4.18 Å². The van der Waals surface area contributed by atoms with E-state index in [0.29, 0.717) is 11.1 Å². The molecule has 0 rings (SSSR count). The molecule has 3 nitrogen and oxygen atoms in total. The summed E-state index contributed by atoms with van der Waals surface area (Å²) in [6.45, 7) is 5.74. The molecule has 0 aromatic carbocycles. The van der Waals surface area contributed by atoms with Crippen molar-refractivity contribution in [3.63, 3.8) is 0 Å². The Morgan fingerprint density at radius 3 is 2.07 bits per heavy atom. The van der Waals surface area contributed by atoms with Crippen molar-refractivity contribution < 1.29 is 28.5 Å². The van der Waals surface area contributed by atoms with E-state index in [2.05, 4.69) is 25.5 Å². The molecule has 0 heterocycles. The topological polar surface area (TPSA) is 29.5 Å². The van der Waals surface area contributed by atoms with Gasteiger partial charge in [-0.1, -0.05) is 26.7 Å². The van der Waals surface area contributed by atoms with Crippen LogP contribution in [0.2, 0.25) is 0 Å². The second kappa shape index (κ2) is 12.7. The zero-order chi connectivity index (χ0) is 10.8. The van der Waals surface area contributed by atoms with Crippen LogP contribution < -0.4 is 0 Å². The molecule has 0 aromatic rings. The fraction of sp³-hybridized carbons (Fsp3) is 0.889. The van der Waals surface area contributed by atoms with Crippen molar-refractivity contribution >= 4 is 28.8 Å². The number of amides is 1. The average molecular weight is 302 g/mol. The largest absolute Gasteiger partial charge is 0.675 e. The van der Waals surface area contributed by atoms with Crippen molar-refractivity contribution in [3.05, 3.63) is 0 Å². The predicted molar refractivity (Wildman–Crippen MR) is 62.8 cm³/mol. The molecule has 0 spiro atoms. The molecule has 0 atom stereocenters. The number of rotatable bonds is 7. The van der Waals surface area contributed by atoms with Crippen molar-refractivity contribution in [1.29, 1.82) is 0 Å². The van der Waals surface area contributed by atoms with E-state index in [1.165, 1.54) is 0 Å². The number of carbonyl (C=O) groups excluding carboxylic acids is 1. The first-order valence-corrected chi connectivity index (χ1v) is 6.68. The second-order valence-corrected chi connectivity index (χ2v) is 3.82. The molecule has 0 saturated heterocycles. The first kappa shape index (κ1) is 18.0. The van der Waals surface area contributed by atoms with Crippen LogP contribution in [0, 0.1) is 0 Å². The maximum Gasteiger partial charge on any atom is 0.420 e. The van der Waals surface area contributed by atoms with Crippen molar-refractivity contribution in [2.75, 3.05) is 13.1 Å². The van der Waals surface area contributed by atoms with Crippen molar-refractivity contribution in [3.8, 4) is 0 Å². The van der Waals surface area contributed by atoms with Crippen LogP contribution in [-0.4, -0.2) is 24.1 Å². The van der Waals surface area contributed by atoms with E-state index in [1.807, 2.05) is 0 Å². The standard InChI is InChI=1S/C9H19NO2S2.Zn/c1-3-5-7-10(8-6-4-2)9(11)12-14-13;/h13H,3-8H2,1-2H3;/p-1. The van der Waals surface area contributed by atoms with Crippen LogP contribution in [-0.2, 0) is 35.3 Å². The molecular weight excluding hydrogens is 284 g/mol. The minimum absolute atomic E-state index is 0. The summed E-state index contributed by atoms with van der Waals surface area (Å²) in [6, 6.07) is 0. The van der Waals surface area contributed by atoms with Gasteiger partial charge >= 0.3 is 6.09 Å². The summed E-state index contributed by atoms with van der Waals surface area (Å²) in [5.41, 5.74) is 0. The molecule has 6 heteroatoms. The Hall–Kier alpha value is 0.593. The Bertz CT molecular complexity index is 153. The van der Waals surface area contributed by atoms with Gasteiger partial charge in [0.25, 0.3) is 0 Å². The fourth-order valence-electron chi connectivity index (χ4n) is 1.07. The molecule has 1 amide bonds. The quantitative estimate of drug-likeness (QED) is 0.313. The first-order chi connectivity index (χ1) is 6.76. The molecular formula is C9H18NO2S2Zn-. The average Bonchev–Trinajstić information content (AvgIpc) is 2.18. The van der Waals surface area contributed by atoms with Crippen LogP contribution >= 0.6 is 11.1 Å². The van der Waals surface area contributed by atoms with Gasteiger partial charge in [-0.2, -0.15) is 0 Å². The monoisotopic (exact) mass is 300 g/mol. The maximum atomic E-state index is 11.4. The van der Waals surface area contributed by atoms with Crippen LogP contribution in [0.3, 0.4) is 0 Å². The normalized spacial score (nSPS) is 9.27. The predicted octanol–water partition coefficient (Wildman–Crippen LogP) is 3.13. The van der Waals surface area contributed by atoms with Gasteiger partial charge in [-0.3, -0.25) is 0 Å². The molecule has 0 unspecified atom stereocenters. The molecule has 0 fully saturated rings. The zero-order valence-corrected chi connectivity index (χ0v) is 14.1. The van der Waals surface area contributed by atoms with E-state index in [-0.39, 0.29) is 25.6 Å². The molecule has 0 aromatic heterocycles. The fourth-order valence-corrected chi connectivity index (χ4v) is 1.41. The second-order valence-electron chi connectivity index (χ2n) is 3.11. The zero-order valence-electron chi connectivity index (χ0n) is 9.53. The van der Waals surface area contributed by atoms with Crippen LogP contribution in [0.4, 0.5) is 4.79 Å². The van der Waals surface area contributed by atoms with Crippen LogP contribution in [0.25, 0.3) is 0 Å². The number of hydrogen-bond acceptors (Lipinski definition) is 4. The van der Waals surface area contributed by atoms with E-state index < -0.39 is 0 Å². The van der Waals surface area contributed by atoms with Crippen molar-refractivity contribution in [2.45, 2.75) is 39.5 Å². The first-order valence-electron chi connectivity index (χ1n) is 5.01.